The van der Waals surface area contributed by atoms with Crippen molar-refractivity contribution >= 4 is 17.8 Å². The normalized spacial score (nSPS) is 11.6. The van der Waals surface area contributed by atoms with Crippen molar-refractivity contribution in [3.05, 3.63) is 29.6 Å². The molecule has 0 radical (unpaired) electrons. The lowest BCUT2D eigenvalue weighted by Gasteiger charge is -2.12. The number of aliphatic carboxylic acids is 2. The fourth-order valence-electron chi connectivity index (χ4n) is 1.32. The van der Waals surface area contributed by atoms with Crippen LogP contribution in [0.15, 0.2) is 18.3 Å². The maximum atomic E-state index is 11.7. The van der Waals surface area contributed by atoms with Crippen molar-refractivity contribution in [2.45, 2.75) is 19.4 Å². The summed E-state index contributed by atoms with van der Waals surface area (Å²) in [5.74, 6) is -3.42. The van der Waals surface area contributed by atoms with Crippen molar-refractivity contribution in [3.63, 3.8) is 0 Å². The van der Waals surface area contributed by atoms with Crippen LogP contribution in [-0.4, -0.2) is 39.1 Å². The molecule has 1 atom stereocenters. The molecule has 0 aliphatic heterocycles. The molecule has 7 nitrogen and oxygen atoms in total. The van der Waals surface area contributed by atoms with Crippen molar-refractivity contribution in [3.8, 4) is 0 Å². The lowest BCUT2D eigenvalue weighted by Crippen LogP contribution is -2.42. The molecule has 0 spiro atoms. The number of hydrogen-bond acceptors (Lipinski definition) is 4. The van der Waals surface area contributed by atoms with Crippen LogP contribution in [0.25, 0.3) is 0 Å². The highest BCUT2D eigenvalue weighted by atomic mass is 16.4. The van der Waals surface area contributed by atoms with Crippen LogP contribution >= 0.6 is 0 Å². The predicted molar refractivity (Wildman–Crippen MR) is 60.1 cm³/mol. The van der Waals surface area contributed by atoms with Gasteiger partial charge in [0.1, 0.15) is 11.7 Å². The minimum absolute atomic E-state index is 0.0779. The van der Waals surface area contributed by atoms with Gasteiger partial charge in [0.15, 0.2) is 0 Å². The third-order valence-corrected chi connectivity index (χ3v) is 2.21. The summed E-state index contributed by atoms with van der Waals surface area (Å²) >= 11 is 0. The molecule has 0 fully saturated rings. The average molecular weight is 252 g/mol. The van der Waals surface area contributed by atoms with E-state index in [4.69, 9.17) is 10.2 Å². The van der Waals surface area contributed by atoms with Crippen molar-refractivity contribution < 1.29 is 24.6 Å². The Morgan fingerprint density at radius 3 is 2.56 bits per heavy atom. The summed E-state index contributed by atoms with van der Waals surface area (Å²) < 4.78 is 0. The zero-order valence-corrected chi connectivity index (χ0v) is 9.58. The second kappa shape index (κ2) is 5.76. The van der Waals surface area contributed by atoms with Crippen LogP contribution in [0.2, 0.25) is 0 Å². The molecule has 0 aliphatic carbocycles. The molecule has 1 aromatic heterocycles. The molecule has 0 unspecified atom stereocenters. The fourth-order valence-corrected chi connectivity index (χ4v) is 1.32. The van der Waals surface area contributed by atoms with Crippen LogP contribution in [-0.2, 0) is 9.59 Å². The number of hydrogen-bond donors (Lipinski definition) is 3. The van der Waals surface area contributed by atoms with E-state index >= 15 is 0 Å². The Morgan fingerprint density at radius 2 is 2.06 bits per heavy atom. The number of aryl methyl sites for hydroxylation is 1. The molecule has 1 heterocycles. The second-order valence-corrected chi connectivity index (χ2v) is 3.63. The number of amides is 1. The van der Waals surface area contributed by atoms with Gasteiger partial charge < -0.3 is 15.5 Å². The van der Waals surface area contributed by atoms with Gasteiger partial charge in [0.25, 0.3) is 5.91 Å². The van der Waals surface area contributed by atoms with E-state index < -0.39 is 30.3 Å². The predicted octanol–water partition coefficient (Wildman–Crippen LogP) is 0.0477. The first-order chi connectivity index (χ1) is 8.41. The zero-order chi connectivity index (χ0) is 13.7. The quantitative estimate of drug-likeness (QED) is 0.681. The highest BCUT2D eigenvalue weighted by Gasteiger charge is 2.24. The number of carbonyl (C=O) groups is 3. The molecule has 3 N–H and O–H groups in total. The van der Waals surface area contributed by atoms with E-state index in [-0.39, 0.29) is 5.69 Å². The van der Waals surface area contributed by atoms with Crippen LogP contribution in [0.1, 0.15) is 22.5 Å². The number of carboxylic acids is 2. The highest BCUT2D eigenvalue weighted by Crippen LogP contribution is 2.04. The van der Waals surface area contributed by atoms with E-state index in [1.54, 1.807) is 19.1 Å². The van der Waals surface area contributed by atoms with Crippen LogP contribution in [0.5, 0.6) is 0 Å². The Kier molecular flexibility index (Phi) is 4.36. The van der Waals surface area contributed by atoms with Crippen molar-refractivity contribution in [2.75, 3.05) is 0 Å². The highest BCUT2D eigenvalue weighted by molar-refractivity contribution is 5.96. The number of carboxylic acid groups (broad SMARTS) is 2. The minimum atomic E-state index is -1.48. The van der Waals surface area contributed by atoms with Crippen molar-refractivity contribution in [1.82, 2.24) is 10.3 Å². The minimum Gasteiger partial charge on any atom is -0.481 e. The van der Waals surface area contributed by atoms with Gasteiger partial charge in [-0.1, -0.05) is 6.07 Å². The summed E-state index contributed by atoms with van der Waals surface area (Å²) in [6.07, 6.45) is 0.710. The van der Waals surface area contributed by atoms with E-state index in [9.17, 15) is 14.4 Å². The lowest BCUT2D eigenvalue weighted by molar-refractivity contribution is -0.145. The maximum Gasteiger partial charge on any atom is 0.326 e. The number of aromatic nitrogens is 1. The fraction of sp³-hybridized carbons (Fsp3) is 0.273. The summed E-state index contributed by atoms with van der Waals surface area (Å²) in [6.45, 7) is 1.65. The molecule has 18 heavy (non-hydrogen) atoms. The molecule has 0 aliphatic rings. The number of pyridine rings is 1. The Balaban J connectivity index is 2.82. The van der Waals surface area contributed by atoms with Crippen molar-refractivity contribution in [2.24, 2.45) is 0 Å². The van der Waals surface area contributed by atoms with Crippen LogP contribution in [0, 0.1) is 6.92 Å². The van der Waals surface area contributed by atoms with E-state index in [0.717, 1.165) is 0 Å². The Morgan fingerprint density at radius 1 is 1.39 bits per heavy atom. The van der Waals surface area contributed by atoms with E-state index in [2.05, 4.69) is 10.3 Å². The van der Waals surface area contributed by atoms with Gasteiger partial charge in [-0.25, -0.2) is 4.79 Å². The summed E-state index contributed by atoms with van der Waals surface area (Å²) in [5, 5.41) is 19.5. The van der Waals surface area contributed by atoms with Gasteiger partial charge in [0.2, 0.25) is 0 Å². The van der Waals surface area contributed by atoms with Gasteiger partial charge in [0.05, 0.1) is 6.42 Å². The average Bonchev–Trinajstić information content (AvgIpc) is 2.27. The molecule has 0 aromatic carbocycles. The van der Waals surface area contributed by atoms with Gasteiger partial charge in [-0.3, -0.25) is 14.6 Å². The van der Waals surface area contributed by atoms with Gasteiger partial charge in [-0.15, -0.1) is 0 Å². The van der Waals surface area contributed by atoms with Crippen molar-refractivity contribution in [1.29, 1.82) is 0 Å². The Labute approximate surface area is 102 Å². The molecular formula is C11H12N2O5. The molecule has 1 rings (SSSR count). The van der Waals surface area contributed by atoms with E-state index in [0.29, 0.717) is 5.56 Å². The molecule has 0 bridgehead atoms. The van der Waals surface area contributed by atoms with Crippen LogP contribution in [0.4, 0.5) is 0 Å². The number of rotatable bonds is 5. The first-order valence-electron chi connectivity index (χ1n) is 5.09. The summed E-state index contributed by atoms with van der Waals surface area (Å²) in [5.41, 5.74) is 0.656. The van der Waals surface area contributed by atoms with Gasteiger partial charge in [-0.2, -0.15) is 0 Å². The topological polar surface area (TPSA) is 117 Å². The first-order valence-corrected chi connectivity index (χ1v) is 5.09. The number of nitrogens with one attached hydrogen (secondary N) is 1. The summed E-state index contributed by atoms with van der Waals surface area (Å²) in [7, 11) is 0. The number of nitrogens with zero attached hydrogens (tertiary/aromatic N) is 1. The molecule has 1 amide bonds. The van der Waals surface area contributed by atoms with Gasteiger partial charge in [-0.05, 0) is 18.6 Å². The zero-order valence-electron chi connectivity index (χ0n) is 9.58. The molecular weight excluding hydrogens is 240 g/mol. The standard InChI is InChI=1S/C11H12N2O5/c1-6-3-2-4-12-9(6)10(16)13-7(11(17)18)5-8(14)15/h2-4,7H,5H2,1H3,(H,13,16)(H,14,15)(H,17,18)/t7-/m1/s1. The number of carbonyl (C=O) groups excluding carboxylic acids is 1. The summed E-state index contributed by atoms with van der Waals surface area (Å²) in [4.78, 5) is 36.8. The van der Waals surface area contributed by atoms with Crippen LogP contribution in [0.3, 0.4) is 0 Å². The molecule has 0 saturated carbocycles. The molecule has 96 valence electrons. The maximum absolute atomic E-state index is 11.7. The van der Waals surface area contributed by atoms with E-state index in [1.807, 2.05) is 0 Å². The lowest BCUT2D eigenvalue weighted by atomic mass is 10.1. The molecule has 0 saturated heterocycles. The third-order valence-electron chi connectivity index (χ3n) is 2.21. The Bertz CT molecular complexity index is 486. The SMILES string of the molecule is Cc1cccnc1C(=O)N[C@H](CC(=O)O)C(=O)O. The van der Waals surface area contributed by atoms with Gasteiger partial charge in [0, 0.05) is 6.20 Å². The monoisotopic (exact) mass is 252 g/mol. The van der Waals surface area contributed by atoms with Crippen LogP contribution < -0.4 is 5.32 Å². The largest absolute Gasteiger partial charge is 0.481 e. The summed E-state index contributed by atoms with van der Waals surface area (Å²) in [6, 6.07) is 1.81. The van der Waals surface area contributed by atoms with E-state index in [1.165, 1.54) is 6.20 Å². The smallest absolute Gasteiger partial charge is 0.326 e. The second-order valence-electron chi connectivity index (χ2n) is 3.63. The third kappa shape index (κ3) is 3.55. The molecule has 1 aromatic rings. The first kappa shape index (κ1) is 13.6. The molecule has 7 heteroatoms. The van der Waals surface area contributed by atoms with Gasteiger partial charge >= 0.3 is 11.9 Å². The Hall–Kier alpha value is -2.44.